The van der Waals surface area contributed by atoms with Crippen molar-refractivity contribution in [3.8, 4) is 0 Å². The average molecular weight is 531 g/mol. The highest BCUT2D eigenvalue weighted by Gasteiger charge is 2.30. The number of aliphatic hydroxyl groups is 1. The van der Waals surface area contributed by atoms with Crippen molar-refractivity contribution in [1.82, 2.24) is 20.5 Å². The summed E-state index contributed by atoms with van der Waals surface area (Å²) in [5, 5.41) is 17.9. The van der Waals surface area contributed by atoms with E-state index in [1.807, 2.05) is 12.4 Å². The second kappa shape index (κ2) is 15.6. The maximum Gasteiger partial charge on any atom is 0.242 e. The lowest BCUT2D eigenvalue weighted by Crippen LogP contribution is -2.55. The van der Waals surface area contributed by atoms with Crippen LogP contribution in [0, 0.1) is 11.8 Å². The molecule has 7 nitrogen and oxygen atoms in total. The molecule has 1 fully saturated rings. The van der Waals surface area contributed by atoms with Gasteiger partial charge in [0.1, 0.15) is 6.04 Å². The number of hydrogen-bond donors (Lipinski definition) is 3. The quantitative estimate of drug-likeness (QED) is 0.463. The lowest BCUT2D eigenvalue weighted by molar-refractivity contribution is -0.139. The largest absolute Gasteiger partial charge is 0.390 e. The third-order valence-corrected chi connectivity index (χ3v) is 8.05. The molecule has 0 saturated carbocycles. The third kappa shape index (κ3) is 10.6. The molecule has 38 heavy (non-hydrogen) atoms. The first-order valence-corrected chi connectivity index (χ1v) is 14.8. The number of likely N-dealkylation sites (N-methyl/N-ethyl adjacent to an activating group) is 1. The molecule has 2 heterocycles. The summed E-state index contributed by atoms with van der Waals surface area (Å²) in [7, 11) is 1.70. The zero-order chi connectivity index (χ0) is 28.3. The van der Waals surface area contributed by atoms with Gasteiger partial charge in [0.05, 0.1) is 12.1 Å². The molecule has 3 N–H and O–H groups in total. The monoisotopic (exact) mass is 530 g/mol. The fourth-order valence-corrected chi connectivity index (χ4v) is 5.23. The molecule has 1 aromatic heterocycles. The van der Waals surface area contributed by atoms with Gasteiger partial charge in [-0.05, 0) is 63.0 Å². The molecule has 7 heteroatoms. The van der Waals surface area contributed by atoms with E-state index in [0.717, 1.165) is 44.1 Å². The van der Waals surface area contributed by atoms with Crippen molar-refractivity contribution in [2.45, 2.75) is 129 Å². The number of carbonyl (C=O) groups excluding carboxylic acids is 2. The smallest absolute Gasteiger partial charge is 0.242 e. The molecule has 1 aromatic rings. The van der Waals surface area contributed by atoms with Crippen LogP contribution in [0.3, 0.4) is 0 Å². The predicted molar refractivity (Wildman–Crippen MR) is 155 cm³/mol. The van der Waals surface area contributed by atoms with Crippen LogP contribution in [0.15, 0.2) is 18.5 Å². The molecule has 2 rings (SSSR count). The van der Waals surface area contributed by atoms with Gasteiger partial charge in [-0.1, -0.05) is 65.4 Å². The SMILES string of the molecule is CC(C)Cc1cncc(C(C)(C)NC[C@@H](O)[C@@H]2C[C@H](C)CCCCCCCCC(=O)N(C)[C@@H](C)C(=O)N2)c1. The molecule has 216 valence electrons. The normalized spacial score (nSPS) is 24.3. The van der Waals surface area contributed by atoms with Crippen LogP contribution in [0.5, 0.6) is 0 Å². The van der Waals surface area contributed by atoms with Gasteiger partial charge in [-0.25, -0.2) is 0 Å². The van der Waals surface area contributed by atoms with Gasteiger partial charge in [0, 0.05) is 37.9 Å². The van der Waals surface area contributed by atoms with Crippen molar-refractivity contribution in [2.24, 2.45) is 11.8 Å². The van der Waals surface area contributed by atoms with Gasteiger partial charge in [0.25, 0.3) is 0 Å². The Kier molecular flexibility index (Phi) is 13.2. The zero-order valence-corrected chi connectivity index (χ0v) is 25.1. The van der Waals surface area contributed by atoms with Gasteiger partial charge in [0.2, 0.25) is 11.8 Å². The molecule has 0 aliphatic carbocycles. The summed E-state index contributed by atoms with van der Waals surface area (Å²) in [6.07, 6.45) is 12.9. The number of aliphatic hydroxyl groups excluding tert-OH is 1. The first kappa shape index (κ1) is 32.2. The summed E-state index contributed by atoms with van der Waals surface area (Å²) >= 11 is 0. The fraction of sp³-hybridized carbons (Fsp3) is 0.774. The Morgan fingerprint density at radius 2 is 1.76 bits per heavy atom. The van der Waals surface area contributed by atoms with Crippen LogP contribution in [0.25, 0.3) is 0 Å². The summed E-state index contributed by atoms with van der Waals surface area (Å²) in [5.74, 6) is 0.717. The van der Waals surface area contributed by atoms with E-state index in [2.05, 4.69) is 56.3 Å². The van der Waals surface area contributed by atoms with Gasteiger partial charge in [0.15, 0.2) is 0 Å². The highest BCUT2D eigenvalue weighted by atomic mass is 16.3. The molecule has 1 saturated heterocycles. The molecule has 1 aliphatic heterocycles. The lowest BCUT2D eigenvalue weighted by atomic mass is 9.90. The van der Waals surface area contributed by atoms with E-state index in [0.29, 0.717) is 31.2 Å². The van der Waals surface area contributed by atoms with Gasteiger partial charge >= 0.3 is 0 Å². The number of aromatic nitrogens is 1. The van der Waals surface area contributed by atoms with Crippen molar-refractivity contribution in [2.75, 3.05) is 13.6 Å². The Morgan fingerprint density at radius 3 is 2.45 bits per heavy atom. The maximum absolute atomic E-state index is 13.2. The minimum atomic E-state index is -0.764. The number of nitrogens with one attached hydrogen (secondary N) is 2. The molecular formula is C31H54N4O3. The number of rotatable bonds is 7. The Hall–Kier alpha value is -1.99. The van der Waals surface area contributed by atoms with E-state index in [1.54, 1.807) is 18.9 Å². The van der Waals surface area contributed by atoms with Gasteiger partial charge in [-0.2, -0.15) is 0 Å². The standard InChI is InChI=1S/C31H54N4O3/c1-22(2)16-25-18-26(20-32-19-25)31(5,6)33-21-28(36)27-17-23(3)14-12-10-8-9-11-13-15-29(37)35(7)24(4)30(38)34-27/h18-20,22-24,27-28,33,36H,8-17,21H2,1-7H3,(H,34,38)/t23-,24+,27+,28-/m1/s1. The highest BCUT2D eigenvalue weighted by Crippen LogP contribution is 2.23. The predicted octanol–water partition coefficient (Wildman–Crippen LogP) is 4.96. The van der Waals surface area contributed by atoms with Crippen LogP contribution in [-0.4, -0.2) is 58.6 Å². The fourth-order valence-electron chi connectivity index (χ4n) is 5.23. The van der Waals surface area contributed by atoms with Gasteiger partial charge < -0.3 is 20.6 Å². The Labute approximate surface area is 231 Å². The van der Waals surface area contributed by atoms with Crippen molar-refractivity contribution < 1.29 is 14.7 Å². The number of pyridine rings is 1. The van der Waals surface area contributed by atoms with E-state index in [9.17, 15) is 14.7 Å². The van der Waals surface area contributed by atoms with Crippen LogP contribution < -0.4 is 10.6 Å². The van der Waals surface area contributed by atoms with Crippen LogP contribution in [0.1, 0.15) is 110 Å². The van der Waals surface area contributed by atoms with Gasteiger partial charge in [-0.3, -0.25) is 14.6 Å². The number of hydrogen-bond acceptors (Lipinski definition) is 5. The summed E-state index contributed by atoms with van der Waals surface area (Å²) < 4.78 is 0. The second-order valence-electron chi connectivity index (χ2n) is 12.5. The van der Waals surface area contributed by atoms with Crippen LogP contribution in [0.2, 0.25) is 0 Å². The van der Waals surface area contributed by atoms with Crippen molar-refractivity contribution in [1.29, 1.82) is 0 Å². The Bertz CT molecular complexity index is 872. The summed E-state index contributed by atoms with van der Waals surface area (Å²) in [6, 6.07) is 1.21. The molecular weight excluding hydrogens is 476 g/mol. The third-order valence-electron chi connectivity index (χ3n) is 8.05. The van der Waals surface area contributed by atoms with Gasteiger partial charge in [-0.15, -0.1) is 0 Å². The molecule has 0 unspecified atom stereocenters. The molecule has 0 bridgehead atoms. The van der Waals surface area contributed by atoms with Crippen LogP contribution in [0.4, 0.5) is 0 Å². The molecule has 1 aliphatic rings. The van der Waals surface area contributed by atoms with Crippen molar-refractivity contribution in [3.05, 3.63) is 29.6 Å². The van der Waals surface area contributed by atoms with E-state index >= 15 is 0 Å². The van der Waals surface area contributed by atoms with Crippen LogP contribution >= 0.6 is 0 Å². The molecule has 2 amide bonds. The number of nitrogens with zero attached hydrogens (tertiary/aromatic N) is 2. The zero-order valence-electron chi connectivity index (χ0n) is 25.1. The minimum absolute atomic E-state index is 0.00179. The highest BCUT2D eigenvalue weighted by molar-refractivity contribution is 5.87. The van der Waals surface area contributed by atoms with E-state index < -0.39 is 23.7 Å². The average Bonchev–Trinajstić information content (AvgIpc) is 2.86. The van der Waals surface area contributed by atoms with Crippen molar-refractivity contribution >= 4 is 11.8 Å². The Balaban J connectivity index is 2.12. The van der Waals surface area contributed by atoms with Crippen molar-refractivity contribution in [3.63, 3.8) is 0 Å². The lowest BCUT2D eigenvalue weighted by Gasteiger charge is -2.33. The second-order valence-corrected chi connectivity index (χ2v) is 12.5. The number of amides is 2. The first-order valence-electron chi connectivity index (χ1n) is 14.8. The summed E-state index contributed by atoms with van der Waals surface area (Å²) in [4.78, 5) is 31.8. The number of carbonyl (C=O) groups is 2. The van der Waals surface area contributed by atoms with E-state index in [-0.39, 0.29) is 11.8 Å². The molecule has 0 spiro atoms. The Morgan fingerprint density at radius 1 is 1.11 bits per heavy atom. The molecule has 0 aromatic carbocycles. The molecule has 4 atom stereocenters. The van der Waals surface area contributed by atoms with Crippen LogP contribution in [-0.2, 0) is 21.5 Å². The van der Waals surface area contributed by atoms with E-state index in [1.165, 1.54) is 18.4 Å². The summed E-state index contributed by atoms with van der Waals surface area (Å²) in [6.45, 7) is 12.9. The van der Waals surface area contributed by atoms with E-state index in [4.69, 9.17) is 0 Å². The first-order chi connectivity index (χ1) is 17.9. The molecule has 0 radical (unpaired) electrons. The minimum Gasteiger partial charge on any atom is -0.390 e. The maximum atomic E-state index is 13.2. The summed E-state index contributed by atoms with van der Waals surface area (Å²) in [5.41, 5.74) is 1.89. The topological polar surface area (TPSA) is 94.6 Å².